The molecule has 0 fully saturated rings. The summed E-state index contributed by atoms with van der Waals surface area (Å²) in [4.78, 5) is 17.0. The molecule has 0 aliphatic rings. The van der Waals surface area contributed by atoms with Gasteiger partial charge in [0.25, 0.3) is 0 Å². The summed E-state index contributed by atoms with van der Waals surface area (Å²) >= 11 is 1.67. The van der Waals surface area contributed by atoms with E-state index in [1.807, 2.05) is 13.8 Å². The Labute approximate surface area is 130 Å². The van der Waals surface area contributed by atoms with E-state index in [1.54, 1.807) is 11.3 Å². The molecule has 0 aromatic carbocycles. The molecule has 1 unspecified atom stereocenters. The average Bonchev–Trinajstić information content (AvgIpc) is 2.57. The Hall–Kier alpha value is -0.400. The second kappa shape index (κ2) is 10.4. The first-order chi connectivity index (χ1) is 8.04. The zero-order chi connectivity index (χ0) is 12.8. The fraction of sp³-hybridized carbons (Fsp3) is 0.636. The number of nitrogens with two attached hydrogens (primary N) is 1. The predicted molar refractivity (Wildman–Crippen MR) is 82.6 cm³/mol. The normalized spacial score (nSPS) is 11.2. The van der Waals surface area contributed by atoms with Crippen LogP contribution in [0.2, 0.25) is 0 Å². The number of methoxy groups -OCH3 is 1. The number of hydrogen-bond donors (Lipinski definition) is 2. The van der Waals surface area contributed by atoms with Gasteiger partial charge in [-0.1, -0.05) is 0 Å². The van der Waals surface area contributed by atoms with E-state index in [2.05, 4.69) is 10.3 Å². The Morgan fingerprint density at radius 3 is 2.58 bits per heavy atom. The zero-order valence-electron chi connectivity index (χ0n) is 11.3. The number of aryl methyl sites for hydroxylation is 2. The summed E-state index contributed by atoms with van der Waals surface area (Å²) < 4.78 is 4.82. The third-order valence-electron chi connectivity index (χ3n) is 2.33. The summed E-state index contributed by atoms with van der Waals surface area (Å²) in [7, 11) is 1.52. The molecule has 0 saturated carbocycles. The van der Waals surface area contributed by atoms with Crippen molar-refractivity contribution in [3.63, 3.8) is 0 Å². The monoisotopic (exact) mass is 329 g/mol. The highest BCUT2D eigenvalue weighted by atomic mass is 35.5. The Balaban J connectivity index is 0. The van der Waals surface area contributed by atoms with E-state index in [0.29, 0.717) is 6.54 Å². The van der Waals surface area contributed by atoms with Gasteiger partial charge in [0.15, 0.2) is 0 Å². The first kappa shape index (κ1) is 20.9. The van der Waals surface area contributed by atoms with E-state index in [-0.39, 0.29) is 37.3 Å². The fourth-order valence-electron chi connectivity index (χ4n) is 1.49. The maximum Gasteiger partial charge on any atom is 0.239 e. The molecule has 8 heteroatoms. The number of amides is 1. The number of hydrogen-bond acceptors (Lipinski definition) is 5. The number of rotatable bonds is 6. The number of thiazole rings is 1. The Morgan fingerprint density at radius 1 is 1.47 bits per heavy atom. The molecule has 1 rings (SSSR count). The quantitative estimate of drug-likeness (QED) is 0.823. The lowest BCUT2D eigenvalue weighted by atomic mass is 10.2. The number of halogens is 2. The molecule has 0 bridgehead atoms. The third kappa shape index (κ3) is 7.08. The molecule has 1 amide bonds. The van der Waals surface area contributed by atoms with Crippen LogP contribution in [0.25, 0.3) is 0 Å². The van der Waals surface area contributed by atoms with Gasteiger partial charge in [0.05, 0.1) is 17.3 Å². The van der Waals surface area contributed by atoms with Crippen LogP contribution in [0.4, 0.5) is 0 Å². The number of carbonyl (C=O) groups is 1. The van der Waals surface area contributed by atoms with Crippen LogP contribution in [-0.4, -0.2) is 37.2 Å². The van der Waals surface area contributed by atoms with Crippen LogP contribution in [0.3, 0.4) is 0 Å². The maximum absolute atomic E-state index is 11.5. The van der Waals surface area contributed by atoms with Crippen molar-refractivity contribution in [1.82, 2.24) is 10.3 Å². The highest BCUT2D eigenvalue weighted by Gasteiger charge is 2.12. The van der Waals surface area contributed by atoms with Crippen molar-refractivity contribution in [1.29, 1.82) is 0 Å². The molecular formula is C11H21Cl2N3O2S. The number of nitrogens with one attached hydrogen (secondary N) is 1. The second-order valence-electron chi connectivity index (χ2n) is 3.84. The van der Waals surface area contributed by atoms with E-state index in [4.69, 9.17) is 10.5 Å². The molecule has 19 heavy (non-hydrogen) atoms. The molecule has 0 radical (unpaired) electrons. The number of nitrogens with zero attached hydrogens (tertiary/aromatic N) is 1. The minimum absolute atomic E-state index is 0. The molecule has 0 spiro atoms. The van der Waals surface area contributed by atoms with E-state index in [1.165, 1.54) is 12.0 Å². The topological polar surface area (TPSA) is 77.2 Å². The van der Waals surface area contributed by atoms with Gasteiger partial charge in [-0.05, 0) is 13.8 Å². The molecular weight excluding hydrogens is 309 g/mol. The van der Waals surface area contributed by atoms with Gasteiger partial charge in [0, 0.05) is 25.0 Å². The summed E-state index contributed by atoms with van der Waals surface area (Å²) in [5.74, 6) is -0.175. The summed E-state index contributed by atoms with van der Waals surface area (Å²) in [5.41, 5.74) is 6.64. The highest BCUT2D eigenvalue weighted by Crippen LogP contribution is 2.16. The third-order valence-corrected chi connectivity index (χ3v) is 3.47. The van der Waals surface area contributed by atoms with Crippen molar-refractivity contribution in [2.75, 3.05) is 20.3 Å². The second-order valence-corrected chi connectivity index (χ2v) is 5.13. The lowest BCUT2D eigenvalue weighted by molar-refractivity contribution is -0.123. The SMILES string of the molecule is COCC(N)C(=O)NCCc1sc(C)nc1C.Cl.Cl. The van der Waals surface area contributed by atoms with Gasteiger partial charge in [0.1, 0.15) is 6.04 Å². The average molecular weight is 330 g/mol. The standard InChI is InChI=1S/C11H19N3O2S.2ClH/c1-7-10(17-8(2)14-7)4-5-13-11(15)9(12)6-16-3;;/h9H,4-6,12H2,1-3H3,(H,13,15);2*1H. The molecule has 5 nitrogen and oxygen atoms in total. The first-order valence-corrected chi connectivity index (χ1v) is 6.31. The van der Waals surface area contributed by atoms with E-state index >= 15 is 0 Å². The molecule has 1 atom stereocenters. The minimum Gasteiger partial charge on any atom is -0.383 e. The van der Waals surface area contributed by atoms with Crippen LogP contribution in [0.15, 0.2) is 0 Å². The number of ether oxygens (including phenoxy) is 1. The first-order valence-electron chi connectivity index (χ1n) is 5.49. The van der Waals surface area contributed by atoms with Crippen molar-refractivity contribution in [3.8, 4) is 0 Å². The van der Waals surface area contributed by atoms with Crippen molar-refractivity contribution in [2.45, 2.75) is 26.3 Å². The summed E-state index contributed by atoms with van der Waals surface area (Å²) in [6.45, 7) is 4.79. The smallest absolute Gasteiger partial charge is 0.239 e. The maximum atomic E-state index is 11.5. The number of carbonyl (C=O) groups excluding carboxylic acids is 1. The summed E-state index contributed by atoms with van der Waals surface area (Å²) in [5, 5.41) is 3.84. The van der Waals surface area contributed by atoms with Crippen LogP contribution < -0.4 is 11.1 Å². The molecule has 112 valence electrons. The summed E-state index contributed by atoms with van der Waals surface area (Å²) in [6.07, 6.45) is 0.794. The van der Waals surface area contributed by atoms with Crippen molar-refractivity contribution in [3.05, 3.63) is 15.6 Å². The minimum atomic E-state index is -0.593. The van der Waals surface area contributed by atoms with Crippen LogP contribution >= 0.6 is 36.2 Å². The van der Waals surface area contributed by atoms with Crippen molar-refractivity contribution in [2.24, 2.45) is 5.73 Å². The largest absolute Gasteiger partial charge is 0.383 e. The van der Waals surface area contributed by atoms with E-state index in [0.717, 1.165) is 17.1 Å². The Morgan fingerprint density at radius 2 is 2.11 bits per heavy atom. The van der Waals surface area contributed by atoms with Gasteiger partial charge in [-0.3, -0.25) is 4.79 Å². The van der Waals surface area contributed by atoms with E-state index < -0.39 is 6.04 Å². The fourth-order valence-corrected chi connectivity index (χ4v) is 2.43. The van der Waals surface area contributed by atoms with Crippen LogP contribution in [0.1, 0.15) is 15.6 Å². The molecule has 1 aromatic heterocycles. The van der Waals surface area contributed by atoms with Gasteiger partial charge in [-0.15, -0.1) is 36.2 Å². The molecule has 0 aliphatic heterocycles. The van der Waals surface area contributed by atoms with Crippen molar-refractivity contribution >= 4 is 42.1 Å². The van der Waals surface area contributed by atoms with Gasteiger partial charge < -0.3 is 15.8 Å². The lowest BCUT2D eigenvalue weighted by Gasteiger charge is -2.10. The van der Waals surface area contributed by atoms with Crippen molar-refractivity contribution < 1.29 is 9.53 Å². The lowest BCUT2D eigenvalue weighted by Crippen LogP contribution is -2.44. The van der Waals surface area contributed by atoms with Gasteiger partial charge >= 0.3 is 0 Å². The van der Waals surface area contributed by atoms with Gasteiger partial charge in [-0.25, -0.2) is 4.98 Å². The summed E-state index contributed by atoms with van der Waals surface area (Å²) in [6, 6.07) is -0.593. The van der Waals surface area contributed by atoms with Gasteiger partial charge in [0.2, 0.25) is 5.91 Å². The highest BCUT2D eigenvalue weighted by molar-refractivity contribution is 7.11. The van der Waals surface area contributed by atoms with Gasteiger partial charge in [-0.2, -0.15) is 0 Å². The molecule has 0 saturated heterocycles. The van der Waals surface area contributed by atoms with Crippen LogP contribution in [0.5, 0.6) is 0 Å². The number of aromatic nitrogens is 1. The zero-order valence-corrected chi connectivity index (χ0v) is 13.7. The predicted octanol–water partition coefficient (Wildman–Crippen LogP) is 1.24. The Kier molecular flexibility index (Phi) is 11.4. The van der Waals surface area contributed by atoms with E-state index in [9.17, 15) is 4.79 Å². The molecule has 3 N–H and O–H groups in total. The van der Waals surface area contributed by atoms with Crippen LogP contribution in [0, 0.1) is 13.8 Å². The van der Waals surface area contributed by atoms with Crippen LogP contribution in [-0.2, 0) is 16.0 Å². The Bertz CT molecular complexity index is 388. The molecule has 1 aromatic rings. The molecule has 0 aliphatic carbocycles. The molecule has 1 heterocycles.